The second-order valence-electron chi connectivity index (χ2n) is 6.76. The molecule has 0 saturated heterocycles. The van der Waals surface area contributed by atoms with Gasteiger partial charge in [-0.1, -0.05) is 52.3 Å². The lowest BCUT2D eigenvalue weighted by atomic mass is 9.98. The Labute approximate surface area is 161 Å². The molecule has 6 nitrogen and oxygen atoms in total. The standard InChI is InChI=1S/C19H30N4O2S/c1-5-14(4)16(21-17(24)15-9-7-6-8-10-15)18(25)22-23-19(26)20-12-11-13(2)3/h6-10,13-14,16H,5,11-12H2,1-4H3,(H,21,24)(H,22,25)(H2,20,23,26)/t14-,16-/m0/s1. The number of amides is 2. The first-order chi connectivity index (χ1) is 12.3. The molecule has 0 heterocycles. The molecule has 0 bridgehead atoms. The van der Waals surface area contributed by atoms with Gasteiger partial charge in [-0.25, -0.2) is 0 Å². The van der Waals surface area contributed by atoms with Crippen LogP contribution in [0.5, 0.6) is 0 Å². The maximum atomic E-state index is 12.5. The van der Waals surface area contributed by atoms with Crippen molar-refractivity contribution < 1.29 is 9.59 Å². The highest BCUT2D eigenvalue weighted by Crippen LogP contribution is 2.09. The molecule has 0 spiro atoms. The van der Waals surface area contributed by atoms with Crippen LogP contribution in [0.4, 0.5) is 0 Å². The number of carbonyl (C=O) groups excluding carboxylic acids is 2. The summed E-state index contributed by atoms with van der Waals surface area (Å²) < 4.78 is 0. The van der Waals surface area contributed by atoms with Gasteiger partial charge in [0.05, 0.1) is 0 Å². The molecule has 0 fully saturated rings. The summed E-state index contributed by atoms with van der Waals surface area (Å²) in [7, 11) is 0. The number of hydrogen-bond donors (Lipinski definition) is 4. The maximum absolute atomic E-state index is 12.5. The molecular formula is C19H30N4O2S. The number of carbonyl (C=O) groups is 2. The van der Waals surface area contributed by atoms with Crippen LogP contribution in [0, 0.1) is 11.8 Å². The van der Waals surface area contributed by atoms with E-state index in [-0.39, 0.29) is 17.7 Å². The molecule has 0 unspecified atom stereocenters. The monoisotopic (exact) mass is 378 g/mol. The third-order valence-corrected chi connectivity index (χ3v) is 4.37. The summed E-state index contributed by atoms with van der Waals surface area (Å²) in [5, 5.41) is 6.20. The highest BCUT2D eigenvalue weighted by Gasteiger charge is 2.26. The molecule has 1 aromatic rings. The SMILES string of the molecule is CC[C@H](C)[C@H](NC(=O)c1ccccc1)C(=O)NNC(=S)NCCC(C)C. The molecule has 0 aliphatic heterocycles. The number of thiocarbonyl (C=S) groups is 1. The Balaban J connectivity index is 2.58. The molecule has 26 heavy (non-hydrogen) atoms. The average molecular weight is 379 g/mol. The fraction of sp³-hybridized carbons (Fsp3) is 0.526. The van der Waals surface area contributed by atoms with Crippen molar-refractivity contribution in [2.24, 2.45) is 11.8 Å². The third-order valence-electron chi connectivity index (χ3n) is 4.12. The van der Waals surface area contributed by atoms with Gasteiger partial charge in [0.2, 0.25) is 0 Å². The largest absolute Gasteiger partial charge is 0.361 e. The van der Waals surface area contributed by atoms with Crippen LogP contribution in [0.25, 0.3) is 0 Å². The lowest BCUT2D eigenvalue weighted by Crippen LogP contribution is -2.56. The van der Waals surface area contributed by atoms with E-state index in [0.717, 1.165) is 19.4 Å². The topological polar surface area (TPSA) is 82.3 Å². The van der Waals surface area contributed by atoms with Gasteiger partial charge in [0.15, 0.2) is 5.11 Å². The quantitative estimate of drug-likeness (QED) is 0.412. The van der Waals surface area contributed by atoms with Crippen LogP contribution in [0.1, 0.15) is 50.9 Å². The van der Waals surface area contributed by atoms with E-state index in [0.29, 0.717) is 16.6 Å². The molecule has 2 atom stereocenters. The lowest BCUT2D eigenvalue weighted by Gasteiger charge is -2.24. The van der Waals surface area contributed by atoms with E-state index in [2.05, 4.69) is 35.3 Å². The minimum atomic E-state index is -0.654. The van der Waals surface area contributed by atoms with Gasteiger partial charge < -0.3 is 10.6 Å². The highest BCUT2D eigenvalue weighted by molar-refractivity contribution is 7.80. The molecule has 0 saturated carbocycles. The van der Waals surface area contributed by atoms with E-state index in [1.54, 1.807) is 24.3 Å². The second-order valence-corrected chi connectivity index (χ2v) is 7.16. The van der Waals surface area contributed by atoms with Gasteiger partial charge in [0.1, 0.15) is 6.04 Å². The van der Waals surface area contributed by atoms with E-state index < -0.39 is 6.04 Å². The fourth-order valence-electron chi connectivity index (χ4n) is 2.23. The van der Waals surface area contributed by atoms with Crippen LogP contribution in [-0.2, 0) is 4.79 Å². The summed E-state index contributed by atoms with van der Waals surface area (Å²) in [6.45, 7) is 8.90. The van der Waals surface area contributed by atoms with E-state index in [1.165, 1.54) is 0 Å². The minimum absolute atomic E-state index is 0.0214. The predicted octanol–water partition coefficient (Wildman–Crippen LogP) is 2.37. The first-order valence-corrected chi connectivity index (χ1v) is 9.45. The van der Waals surface area contributed by atoms with E-state index in [9.17, 15) is 9.59 Å². The molecule has 4 N–H and O–H groups in total. The summed E-state index contributed by atoms with van der Waals surface area (Å²) in [6.07, 6.45) is 1.74. The van der Waals surface area contributed by atoms with Gasteiger partial charge in [0, 0.05) is 12.1 Å². The zero-order valence-electron chi connectivity index (χ0n) is 16.0. The van der Waals surface area contributed by atoms with Crippen molar-refractivity contribution in [3.05, 3.63) is 35.9 Å². The van der Waals surface area contributed by atoms with Crippen LogP contribution < -0.4 is 21.5 Å². The predicted molar refractivity (Wildman–Crippen MR) is 108 cm³/mol. The molecule has 0 aliphatic rings. The summed E-state index contributed by atoms with van der Waals surface area (Å²) >= 11 is 5.15. The Morgan fingerprint density at radius 1 is 1.08 bits per heavy atom. The Morgan fingerprint density at radius 2 is 1.73 bits per heavy atom. The van der Waals surface area contributed by atoms with Crippen LogP contribution in [-0.4, -0.2) is 29.5 Å². The van der Waals surface area contributed by atoms with Gasteiger partial charge in [-0.2, -0.15) is 0 Å². The fourth-order valence-corrected chi connectivity index (χ4v) is 2.38. The van der Waals surface area contributed by atoms with Crippen molar-refractivity contribution in [2.75, 3.05) is 6.54 Å². The van der Waals surface area contributed by atoms with Crippen LogP contribution in [0.2, 0.25) is 0 Å². The summed E-state index contributed by atoms with van der Waals surface area (Å²) in [4.78, 5) is 24.9. The molecule has 0 radical (unpaired) electrons. The minimum Gasteiger partial charge on any atom is -0.361 e. The smallest absolute Gasteiger partial charge is 0.261 e. The van der Waals surface area contributed by atoms with Crippen molar-refractivity contribution in [1.82, 2.24) is 21.5 Å². The van der Waals surface area contributed by atoms with E-state index in [4.69, 9.17) is 12.2 Å². The van der Waals surface area contributed by atoms with Gasteiger partial charge >= 0.3 is 0 Å². The van der Waals surface area contributed by atoms with Crippen molar-refractivity contribution in [3.63, 3.8) is 0 Å². The van der Waals surface area contributed by atoms with E-state index in [1.807, 2.05) is 19.9 Å². The molecule has 7 heteroatoms. The molecule has 0 aliphatic carbocycles. The van der Waals surface area contributed by atoms with Crippen molar-refractivity contribution in [1.29, 1.82) is 0 Å². The average Bonchev–Trinajstić information content (AvgIpc) is 2.63. The van der Waals surface area contributed by atoms with Gasteiger partial charge in [0.25, 0.3) is 11.8 Å². The Hall–Kier alpha value is -2.15. The number of hydrazine groups is 1. The molecule has 0 aromatic heterocycles. The number of benzene rings is 1. The first-order valence-electron chi connectivity index (χ1n) is 9.04. The molecular weight excluding hydrogens is 348 g/mol. The van der Waals surface area contributed by atoms with Gasteiger partial charge in [-0.15, -0.1) is 0 Å². The zero-order chi connectivity index (χ0) is 19.5. The van der Waals surface area contributed by atoms with Gasteiger partial charge in [-0.05, 0) is 42.6 Å². The van der Waals surface area contributed by atoms with Crippen molar-refractivity contribution >= 4 is 29.1 Å². The second kappa shape index (κ2) is 11.5. The summed E-state index contributed by atoms with van der Waals surface area (Å²) in [5.41, 5.74) is 5.80. The highest BCUT2D eigenvalue weighted by atomic mass is 32.1. The third kappa shape index (κ3) is 7.82. The van der Waals surface area contributed by atoms with Gasteiger partial charge in [-0.3, -0.25) is 20.4 Å². The molecule has 1 aromatic carbocycles. The van der Waals surface area contributed by atoms with Crippen LogP contribution in [0.15, 0.2) is 30.3 Å². The zero-order valence-corrected chi connectivity index (χ0v) is 16.8. The lowest BCUT2D eigenvalue weighted by molar-refractivity contribution is -0.124. The Bertz CT molecular complexity index is 592. The molecule has 2 amide bonds. The molecule has 1 rings (SSSR count). The maximum Gasteiger partial charge on any atom is 0.261 e. The van der Waals surface area contributed by atoms with E-state index >= 15 is 0 Å². The normalized spacial score (nSPS) is 12.8. The number of nitrogens with one attached hydrogen (secondary N) is 4. The molecule has 144 valence electrons. The van der Waals surface area contributed by atoms with Crippen LogP contribution in [0.3, 0.4) is 0 Å². The summed E-state index contributed by atoms with van der Waals surface area (Å²) in [6, 6.07) is 8.19. The summed E-state index contributed by atoms with van der Waals surface area (Å²) in [5.74, 6) is -0.0462. The van der Waals surface area contributed by atoms with Crippen molar-refractivity contribution in [3.8, 4) is 0 Å². The Morgan fingerprint density at radius 3 is 2.31 bits per heavy atom. The number of rotatable bonds is 8. The van der Waals surface area contributed by atoms with Crippen LogP contribution >= 0.6 is 12.2 Å². The Kier molecular flexibility index (Phi) is 9.65. The van der Waals surface area contributed by atoms with Crippen molar-refractivity contribution in [2.45, 2.75) is 46.6 Å². The first kappa shape index (κ1) is 21.9. The number of hydrogen-bond acceptors (Lipinski definition) is 3.